The van der Waals surface area contributed by atoms with Gasteiger partial charge in [0.1, 0.15) is 12.4 Å². The monoisotopic (exact) mass is 292 g/mol. The molecule has 1 aromatic rings. The van der Waals surface area contributed by atoms with Crippen molar-refractivity contribution in [1.82, 2.24) is 10.2 Å². The van der Waals surface area contributed by atoms with Crippen LogP contribution in [-0.4, -0.2) is 37.7 Å². The van der Waals surface area contributed by atoms with Crippen molar-refractivity contribution >= 4 is 0 Å². The summed E-state index contributed by atoms with van der Waals surface area (Å²) in [6, 6.07) is 8.88. The van der Waals surface area contributed by atoms with Gasteiger partial charge in [-0.05, 0) is 30.2 Å². The maximum atomic E-state index is 5.81. The lowest BCUT2D eigenvalue weighted by Crippen LogP contribution is -2.32. The predicted molar refractivity (Wildman–Crippen MR) is 90.9 cm³/mol. The van der Waals surface area contributed by atoms with E-state index in [2.05, 4.69) is 76.1 Å². The lowest BCUT2D eigenvalue weighted by Gasteiger charge is -2.26. The Morgan fingerprint density at radius 2 is 1.76 bits per heavy atom. The number of likely N-dealkylation sites (N-methyl/N-ethyl adjacent to an activating group) is 1. The number of benzene rings is 1. The Kier molecular flexibility index (Phi) is 7.20. The third-order valence-electron chi connectivity index (χ3n) is 3.12. The molecule has 0 saturated heterocycles. The van der Waals surface area contributed by atoms with E-state index >= 15 is 0 Å². The molecule has 0 amide bonds. The summed E-state index contributed by atoms with van der Waals surface area (Å²) in [5.74, 6) is 0.951. The van der Waals surface area contributed by atoms with Gasteiger partial charge in [-0.2, -0.15) is 0 Å². The zero-order valence-corrected chi connectivity index (χ0v) is 14.6. The Hall–Kier alpha value is -1.06. The quantitative estimate of drug-likeness (QED) is 0.793. The first-order valence-electron chi connectivity index (χ1n) is 7.90. The predicted octanol–water partition coefficient (Wildman–Crippen LogP) is 3.54. The van der Waals surface area contributed by atoms with Crippen LogP contribution in [0.3, 0.4) is 0 Å². The molecule has 3 heteroatoms. The van der Waals surface area contributed by atoms with E-state index in [-0.39, 0.29) is 0 Å². The van der Waals surface area contributed by atoms with Gasteiger partial charge in [0.2, 0.25) is 0 Å². The highest BCUT2D eigenvalue weighted by Gasteiger charge is 2.13. The van der Waals surface area contributed by atoms with Gasteiger partial charge in [-0.3, -0.25) is 0 Å². The van der Waals surface area contributed by atoms with E-state index in [1.54, 1.807) is 0 Å². The van der Waals surface area contributed by atoms with E-state index in [1.165, 1.54) is 5.56 Å². The van der Waals surface area contributed by atoms with Gasteiger partial charge in [0, 0.05) is 25.7 Å². The molecule has 120 valence electrons. The summed E-state index contributed by atoms with van der Waals surface area (Å²) >= 11 is 0. The summed E-state index contributed by atoms with van der Waals surface area (Å²) in [5, 5.41) is 3.41. The molecule has 3 nitrogen and oxygen atoms in total. The maximum Gasteiger partial charge on any atom is 0.119 e. The molecule has 0 radical (unpaired) electrons. The number of nitrogens with zero attached hydrogens (tertiary/aromatic N) is 1. The van der Waals surface area contributed by atoms with Crippen LogP contribution in [0, 0.1) is 5.41 Å². The smallest absolute Gasteiger partial charge is 0.119 e. The molecule has 0 aliphatic heterocycles. The molecule has 0 aliphatic carbocycles. The first kappa shape index (κ1) is 18.0. The molecule has 1 rings (SSSR count). The summed E-state index contributed by atoms with van der Waals surface area (Å²) in [5.41, 5.74) is 1.63. The van der Waals surface area contributed by atoms with Crippen LogP contribution in [0.5, 0.6) is 5.75 Å². The van der Waals surface area contributed by atoms with Crippen LogP contribution < -0.4 is 10.1 Å². The van der Waals surface area contributed by atoms with Gasteiger partial charge >= 0.3 is 0 Å². The Bertz CT molecular complexity index is 393. The van der Waals surface area contributed by atoms with Crippen LogP contribution in [0.2, 0.25) is 0 Å². The molecule has 0 heterocycles. The van der Waals surface area contributed by atoms with Crippen molar-refractivity contribution in [2.24, 2.45) is 5.41 Å². The average Bonchev–Trinajstić information content (AvgIpc) is 2.35. The highest BCUT2D eigenvalue weighted by atomic mass is 16.5. The van der Waals surface area contributed by atoms with E-state index in [9.17, 15) is 0 Å². The van der Waals surface area contributed by atoms with E-state index in [0.29, 0.717) is 11.5 Å². The average molecular weight is 292 g/mol. The van der Waals surface area contributed by atoms with E-state index in [0.717, 1.165) is 32.0 Å². The Balaban J connectivity index is 2.29. The fraction of sp³-hybridized carbons (Fsp3) is 0.667. The highest BCUT2D eigenvalue weighted by Crippen LogP contribution is 2.15. The van der Waals surface area contributed by atoms with Crippen LogP contribution in [0.15, 0.2) is 24.3 Å². The lowest BCUT2D eigenvalue weighted by molar-refractivity contribution is 0.188. The van der Waals surface area contributed by atoms with Crippen molar-refractivity contribution in [3.05, 3.63) is 29.8 Å². The fourth-order valence-corrected chi connectivity index (χ4v) is 2.23. The third-order valence-corrected chi connectivity index (χ3v) is 3.12. The first-order valence-corrected chi connectivity index (χ1v) is 7.90. The molecule has 0 aromatic heterocycles. The van der Waals surface area contributed by atoms with E-state index in [1.807, 2.05) is 0 Å². The largest absolute Gasteiger partial charge is 0.492 e. The Morgan fingerprint density at radius 1 is 1.14 bits per heavy atom. The molecule has 21 heavy (non-hydrogen) atoms. The van der Waals surface area contributed by atoms with Gasteiger partial charge in [0.05, 0.1) is 0 Å². The summed E-state index contributed by atoms with van der Waals surface area (Å²) in [6.07, 6.45) is 0. The van der Waals surface area contributed by atoms with Crippen LogP contribution >= 0.6 is 0 Å². The molecule has 0 spiro atoms. The molecule has 0 saturated carbocycles. The molecule has 1 N–H and O–H groups in total. The highest BCUT2D eigenvalue weighted by molar-refractivity contribution is 5.27. The maximum absolute atomic E-state index is 5.81. The molecule has 0 fully saturated rings. The third kappa shape index (κ3) is 8.74. The molecule has 0 unspecified atom stereocenters. The number of hydrogen-bond acceptors (Lipinski definition) is 3. The Labute approximate surface area is 130 Å². The van der Waals surface area contributed by atoms with Crippen LogP contribution in [0.4, 0.5) is 0 Å². The second-order valence-corrected chi connectivity index (χ2v) is 7.33. The van der Waals surface area contributed by atoms with Crippen molar-refractivity contribution < 1.29 is 4.74 Å². The number of hydrogen-bond donors (Lipinski definition) is 1. The number of ether oxygens (including phenoxy) is 1. The second-order valence-electron chi connectivity index (χ2n) is 7.33. The lowest BCUT2D eigenvalue weighted by atomic mass is 9.96. The molecule has 0 bridgehead atoms. The fourth-order valence-electron chi connectivity index (χ4n) is 2.23. The van der Waals surface area contributed by atoms with Gasteiger partial charge in [0.15, 0.2) is 0 Å². The zero-order chi connectivity index (χ0) is 15.9. The summed E-state index contributed by atoms with van der Waals surface area (Å²) in [6.45, 7) is 14.8. The van der Waals surface area contributed by atoms with Crippen molar-refractivity contribution in [2.45, 2.75) is 47.2 Å². The second kappa shape index (κ2) is 8.40. The van der Waals surface area contributed by atoms with E-state index in [4.69, 9.17) is 4.74 Å². The minimum atomic E-state index is 0.333. The van der Waals surface area contributed by atoms with Crippen molar-refractivity contribution in [1.29, 1.82) is 0 Å². The molecule has 0 aliphatic rings. The van der Waals surface area contributed by atoms with Gasteiger partial charge < -0.3 is 15.0 Å². The normalized spacial score (nSPS) is 12.2. The molecular weight excluding hydrogens is 260 g/mol. The van der Waals surface area contributed by atoms with Crippen LogP contribution in [0.1, 0.15) is 40.2 Å². The summed E-state index contributed by atoms with van der Waals surface area (Å²) in [7, 11) is 2.15. The zero-order valence-electron chi connectivity index (χ0n) is 14.6. The standard InChI is InChI=1S/C18H32N2O/c1-15(2)19-13-16-7-9-17(10-8-16)21-12-11-20(6)14-18(3,4)5/h7-10,15,19H,11-14H2,1-6H3. The van der Waals surface area contributed by atoms with E-state index < -0.39 is 0 Å². The van der Waals surface area contributed by atoms with Crippen molar-refractivity contribution in [2.75, 3.05) is 26.7 Å². The number of rotatable bonds is 8. The SMILES string of the molecule is CC(C)NCc1ccc(OCCN(C)CC(C)(C)C)cc1. The van der Waals surface area contributed by atoms with Crippen LogP contribution in [0.25, 0.3) is 0 Å². The Morgan fingerprint density at radius 3 is 2.29 bits per heavy atom. The van der Waals surface area contributed by atoms with Crippen LogP contribution in [-0.2, 0) is 6.54 Å². The minimum Gasteiger partial charge on any atom is -0.492 e. The van der Waals surface area contributed by atoms with Gasteiger partial charge in [-0.15, -0.1) is 0 Å². The number of nitrogens with one attached hydrogen (secondary N) is 1. The molecule has 0 atom stereocenters. The summed E-state index contributed by atoms with van der Waals surface area (Å²) in [4.78, 5) is 2.32. The van der Waals surface area contributed by atoms with Gasteiger partial charge in [-0.1, -0.05) is 46.8 Å². The van der Waals surface area contributed by atoms with Crippen molar-refractivity contribution in [3.8, 4) is 5.75 Å². The molecular formula is C18H32N2O. The minimum absolute atomic E-state index is 0.333. The summed E-state index contributed by atoms with van der Waals surface area (Å²) < 4.78 is 5.81. The molecule has 1 aromatic carbocycles. The topological polar surface area (TPSA) is 24.5 Å². The van der Waals surface area contributed by atoms with Gasteiger partial charge in [0.25, 0.3) is 0 Å². The van der Waals surface area contributed by atoms with Gasteiger partial charge in [-0.25, -0.2) is 0 Å². The first-order chi connectivity index (χ1) is 9.76. The van der Waals surface area contributed by atoms with Crippen molar-refractivity contribution in [3.63, 3.8) is 0 Å².